The van der Waals surface area contributed by atoms with E-state index in [-0.39, 0.29) is 12.3 Å². The zero-order valence-electron chi connectivity index (χ0n) is 8.68. The summed E-state index contributed by atoms with van der Waals surface area (Å²) in [5.41, 5.74) is 0.963. The maximum Gasteiger partial charge on any atom is 0.303 e. The molecule has 80 valence electrons. The first-order valence-electron chi connectivity index (χ1n) is 5.17. The van der Waals surface area contributed by atoms with Crippen molar-refractivity contribution in [1.82, 2.24) is 9.97 Å². The van der Waals surface area contributed by atoms with Crippen molar-refractivity contribution in [3.8, 4) is 0 Å². The van der Waals surface area contributed by atoms with E-state index in [1.165, 1.54) is 0 Å². The van der Waals surface area contributed by atoms with Crippen molar-refractivity contribution in [3.05, 3.63) is 23.8 Å². The molecule has 1 saturated carbocycles. The Kier molecular flexibility index (Phi) is 2.66. The number of aryl methyl sites for hydroxylation is 1. The van der Waals surface area contributed by atoms with Crippen molar-refractivity contribution in [2.24, 2.45) is 5.92 Å². The highest BCUT2D eigenvalue weighted by Crippen LogP contribution is 2.44. The molecule has 1 atom stereocenters. The van der Waals surface area contributed by atoms with Crippen LogP contribution in [0.2, 0.25) is 0 Å². The molecule has 1 N–H and O–H groups in total. The van der Waals surface area contributed by atoms with E-state index in [1.54, 1.807) is 12.4 Å². The van der Waals surface area contributed by atoms with E-state index in [0.29, 0.717) is 5.92 Å². The summed E-state index contributed by atoms with van der Waals surface area (Å²) >= 11 is 0. The van der Waals surface area contributed by atoms with E-state index in [1.807, 2.05) is 6.92 Å². The van der Waals surface area contributed by atoms with Crippen molar-refractivity contribution >= 4 is 5.97 Å². The molecular formula is C11H14N2O2. The number of hydrogen-bond acceptors (Lipinski definition) is 3. The lowest BCUT2D eigenvalue weighted by Gasteiger charge is -2.13. The standard InChI is InChI=1S/C11H14N2O2/c1-7-12-5-9(6-13-7)10(4-11(14)15)8-2-3-8/h5-6,8,10H,2-4H2,1H3,(H,14,15)/t10-/m0/s1. The van der Waals surface area contributed by atoms with Crippen molar-refractivity contribution in [3.63, 3.8) is 0 Å². The lowest BCUT2D eigenvalue weighted by Crippen LogP contribution is -2.09. The molecule has 0 saturated heterocycles. The fraction of sp³-hybridized carbons (Fsp3) is 0.545. The van der Waals surface area contributed by atoms with Gasteiger partial charge >= 0.3 is 5.97 Å². The average Bonchev–Trinajstić information content (AvgIpc) is 2.99. The van der Waals surface area contributed by atoms with Gasteiger partial charge in [-0.05, 0) is 31.2 Å². The van der Waals surface area contributed by atoms with Crippen LogP contribution in [0.5, 0.6) is 0 Å². The van der Waals surface area contributed by atoms with Crippen LogP contribution >= 0.6 is 0 Å². The van der Waals surface area contributed by atoms with Crippen LogP contribution < -0.4 is 0 Å². The van der Waals surface area contributed by atoms with Gasteiger partial charge in [0.15, 0.2) is 0 Å². The van der Waals surface area contributed by atoms with Gasteiger partial charge in [0.1, 0.15) is 5.82 Å². The Bertz CT molecular complexity index is 357. The summed E-state index contributed by atoms with van der Waals surface area (Å²) in [4.78, 5) is 19.0. The molecule has 0 aromatic carbocycles. The first-order valence-corrected chi connectivity index (χ1v) is 5.17. The minimum Gasteiger partial charge on any atom is -0.481 e. The molecule has 0 bridgehead atoms. The highest BCUT2D eigenvalue weighted by molar-refractivity contribution is 5.68. The summed E-state index contributed by atoms with van der Waals surface area (Å²) in [7, 11) is 0. The molecule has 1 fully saturated rings. The van der Waals surface area contributed by atoms with Gasteiger partial charge in [-0.1, -0.05) is 0 Å². The Balaban J connectivity index is 2.16. The number of rotatable bonds is 4. The molecule has 0 amide bonds. The Hall–Kier alpha value is -1.45. The zero-order valence-corrected chi connectivity index (χ0v) is 8.68. The molecule has 15 heavy (non-hydrogen) atoms. The van der Waals surface area contributed by atoms with Gasteiger partial charge in [-0.15, -0.1) is 0 Å². The van der Waals surface area contributed by atoms with Crippen LogP contribution in [0.1, 0.15) is 36.6 Å². The Morgan fingerprint density at radius 2 is 2.13 bits per heavy atom. The third-order valence-corrected chi connectivity index (χ3v) is 2.81. The number of carboxylic acids is 1. The minimum absolute atomic E-state index is 0.100. The van der Waals surface area contributed by atoms with Crippen LogP contribution in [0, 0.1) is 12.8 Å². The predicted octanol–water partition coefficient (Wildman–Crippen LogP) is 1.75. The fourth-order valence-corrected chi connectivity index (χ4v) is 1.84. The van der Waals surface area contributed by atoms with E-state index in [4.69, 9.17) is 5.11 Å². The predicted molar refractivity (Wildman–Crippen MR) is 54.5 cm³/mol. The van der Waals surface area contributed by atoms with Crippen molar-refractivity contribution in [2.75, 3.05) is 0 Å². The van der Waals surface area contributed by atoms with Crippen LogP contribution in [-0.2, 0) is 4.79 Å². The van der Waals surface area contributed by atoms with Gasteiger partial charge in [0.05, 0.1) is 6.42 Å². The molecule has 0 radical (unpaired) electrons. The summed E-state index contributed by atoms with van der Waals surface area (Å²) in [6.07, 6.45) is 5.97. The number of aliphatic carboxylic acids is 1. The first-order chi connectivity index (χ1) is 7.16. The number of hydrogen-bond donors (Lipinski definition) is 1. The molecule has 0 aliphatic heterocycles. The molecule has 1 heterocycles. The summed E-state index contributed by atoms with van der Waals surface area (Å²) in [6, 6.07) is 0. The third-order valence-electron chi connectivity index (χ3n) is 2.81. The summed E-state index contributed by atoms with van der Waals surface area (Å²) in [5.74, 6) is 0.603. The lowest BCUT2D eigenvalue weighted by molar-refractivity contribution is -0.137. The van der Waals surface area contributed by atoms with Gasteiger partial charge in [-0.25, -0.2) is 9.97 Å². The van der Waals surface area contributed by atoms with Crippen molar-refractivity contribution in [2.45, 2.75) is 32.1 Å². The van der Waals surface area contributed by atoms with Gasteiger partial charge in [0, 0.05) is 18.3 Å². The maximum atomic E-state index is 10.7. The second kappa shape index (κ2) is 3.96. The van der Waals surface area contributed by atoms with Crippen LogP contribution in [0.15, 0.2) is 12.4 Å². The highest BCUT2D eigenvalue weighted by Gasteiger charge is 2.34. The number of carboxylic acid groups (broad SMARTS) is 1. The van der Waals surface area contributed by atoms with E-state index >= 15 is 0 Å². The third kappa shape index (κ3) is 2.52. The van der Waals surface area contributed by atoms with Gasteiger partial charge in [0.25, 0.3) is 0 Å². The Labute approximate surface area is 88.4 Å². The van der Waals surface area contributed by atoms with E-state index in [0.717, 1.165) is 24.2 Å². The molecule has 4 heteroatoms. The maximum absolute atomic E-state index is 10.7. The molecule has 1 aromatic heterocycles. The highest BCUT2D eigenvalue weighted by atomic mass is 16.4. The largest absolute Gasteiger partial charge is 0.481 e. The number of nitrogens with zero attached hydrogens (tertiary/aromatic N) is 2. The second-order valence-corrected chi connectivity index (χ2v) is 4.11. The molecule has 0 unspecified atom stereocenters. The Morgan fingerprint density at radius 3 is 2.60 bits per heavy atom. The van der Waals surface area contributed by atoms with Gasteiger partial charge in [0.2, 0.25) is 0 Å². The Morgan fingerprint density at radius 1 is 1.53 bits per heavy atom. The van der Waals surface area contributed by atoms with Gasteiger partial charge in [-0.2, -0.15) is 0 Å². The summed E-state index contributed by atoms with van der Waals surface area (Å²) in [5, 5.41) is 8.84. The molecule has 1 aromatic rings. The average molecular weight is 206 g/mol. The van der Waals surface area contributed by atoms with Crippen molar-refractivity contribution < 1.29 is 9.90 Å². The molecule has 1 aliphatic carbocycles. The van der Waals surface area contributed by atoms with E-state index in [2.05, 4.69) is 9.97 Å². The summed E-state index contributed by atoms with van der Waals surface area (Å²) < 4.78 is 0. The summed E-state index contributed by atoms with van der Waals surface area (Å²) in [6.45, 7) is 1.83. The SMILES string of the molecule is Cc1ncc([C@@H](CC(=O)O)C2CC2)cn1. The number of carbonyl (C=O) groups is 1. The molecule has 4 nitrogen and oxygen atoms in total. The smallest absolute Gasteiger partial charge is 0.303 e. The normalized spacial score (nSPS) is 17.4. The van der Waals surface area contributed by atoms with Crippen LogP contribution in [0.3, 0.4) is 0 Å². The minimum atomic E-state index is -0.743. The van der Waals surface area contributed by atoms with Crippen molar-refractivity contribution in [1.29, 1.82) is 0 Å². The quantitative estimate of drug-likeness (QED) is 0.815. The van der Waals surface area contributed by atoms with E-state index < -0.39 is 5.97 Å². The molecule has 1 aliphatic rings. The first kappa shape index (κ1) is 10.1. The fourth-order valence-electron chi connectivity index (χ4n) is 1.84. The van der Waals surface area contributed by atoms with Gasteiger partial charge in [-0.3, -0.25) is 4.79 Å². The molecule has 0 spiro atoms. The lowest BCUT2D eigenvalue weighted by atomic mass is 9.93. The van der Waals surface area contributed by atoms with E-state index in [9.17, 15) is 4.79 Å². The number of aromatic nitrogens is 2. The molecule has 2 rings (SSSR count). The second-order valence-electron chi connectivity index (χ2n) is 4.11. The molecular weight excluding hydrogens is 192 g/mol. The van der Waals surface area contributed by atoms with Gasteiger partial charge < -0.3 is 5.11 Å². The monoisotopic (exact) mass is 206 g/mol. The topological polar surface area (TPSA) is 63.1 Å². The van der Waals surface area contributed by atoms with Crippen LogP contribution in [0.25, 0.3) is 0 Å². The zero-order chi connectivity index (χ0) is 10.8. The van der Waals surface area contributed by atoms with Crippen LogP contribution in [0.4, 0.5) is 0 Å². The van der Waals surface area contributed by atoms with Crippen LogP contribution in [-0.4, -0.2) is 21.0 Å².